The fourth-order valence-corrected chi connectivity index (χ4v) is 5.86. The van der Waals surface area contributed by atoms with E-state index in [-0.39, 0.29) is 30.5 Å². The number of piperidine rings is 1. The first-order valence-corrected chi connectivity index (χ1v) is 11.5. The van der Waals surface area contributed by atoms with E-state index in [0.717, 1.165) is 0 Å². The standard InChI is InChI=1S/C24H26N2O7/c1-2-30-23(29)14-6-9-25(10-7-14)21(27)19-17-5-8-24(33-17)12-26(22(28)20(19)24)15-3-4-16-18(11-15)32-13-31-16/h3-5,8,11,14,17,19-20H,2,6-7,9-10,12-13H2,1H3/t17-,19?,20?,24?/m1/s1. The lowest BCUT2D eigenvalue weighted by Crippen LogP contribution is -2.49. The van der Waals surface area contributed by atoms with Crippen LogP contribution in [0.3, 0.4) is 0 Å². The summed E-state index contributed by atoms with van der Waals surface area (Å²) in [5.74, 6) is -0.409. The third-order valence-corrected chi connectivity index (χ3v) is 7.48. The molecule has 0 saturated carbocycles. The lowest BCUT2D eigenvalue weighted by atomic mass is 9.76. The first kappa shape index (κ1) is 20.5. The van der Waals surface area contributed by atoms with Crippen LogP contribution >= 0.6 is 0 Å². The number of hydrogen-bond donors (Lipinski definition) is 0. The van der Waals surface area contributed by atoms with Gasteiger partial charge in [-0.3, -0.25) is 14.4 Å². The number of hydrogen-bond acceptors (Lipinski definition) is 7. The van der Waals surface area contributed by atoms with Crippen molar-refractivity contribution >= 4 is 23.5 Å². The highest BCUT2D eigenvalue weighted by atomic mass is 16.7. The number of benzene rings is 1. The zero-order chi connectivity index (χ0) is 22.7. The Hall–Kier alpha value is -3.07. The molecule has 33 heavy (non-hydrogen) atoms. The smallest absolute Gasteiger partial charge is 0.309 e. The summed E-state index contributed by atoms with van der Waals surface area (Å²) >= 11 is 0. The Bertz CT molecular complexity index is 1050. The Morgan fingerprint density at radius 3 is 2.76 bits per heavy atom. The Morgan fingerprint density at radius 1 is 1.18 bits per heavy atom. The molecule has 9 nitrogen and oxygen atoms in total. The second kappa shape index (κ2) is 7.48. The van der Waals surface area contributed by atoms with Gasteiger partial charge < -0.3 is 28.7 Å². The lowest BCUT2D eigenvalue weighted by Gasteiger charge is -2.34. The highest BCUT2D eigenvalue weighted by molar-refractivity contribution is 6.03. The number of likely N-dealkylation sites (tertiary alicyclic amines) is 1. The minimum absolute atomic E-state index is 0.0700. The predicted octanol–water partition coefficient (Wildman–Crippen LogP) is 1.50. The van der Waals surface area contributed by atoms with E-state index in [0.29, 0.717) is 56.3 Å². The highest BCUT2D eigenvalue weighted by Gasteiger charge is 2.67. The summed E-state index contributed by atoms with van der Waals surface area (Å²) in [4.78, 5) is 42.7. The average Bonchev–Trinajstić information content (AvgIpc) is 3.59. The van der Waals surface area contributed by atoms with Gasteiger partial charge in [-0.2, -0.15) is 0 Å². The van der Waals surface area contributed by atoms with E-state index in [9.17, 15) is 14.4 Å². The molecular formula is C24H26N2O7. The van der Waals surface area contributed by atoms with Gasteiger partial charge in [0.2, 0.25) is 18.6 Å². The van der Waals surface area contributed by atoms with Crippen LogP contribution in [0.15, 0.2) is 30.4 Å². The molecule has 3 fully saturated rings. The van der Waals surface area contributed by atoms with Gasteiger partial charge in [0.1, 0.15) is 5.60 Å². The van der Waals surface area contributed by atoms with Gasteiger partial charge in [-0.1, -0.05) is 12.2 Å². The van der Waals surface area contributed by atoms with Gasteiger partial charge in [0.25, 0.3) is 0 Å². The van der Waals surface area contributed by atoms with Crippen LogP contribution in [0.5, 0.6) is 11.5 Å². The van der Waals surface area contributed by atoms with Crippen LogP contribution < -0.4 is 14.4 Å². The molecule has 9 heteroatoms. The van der Waals surface area contributed by atoms with Crippen molar-refractivity contribution in [1.82, 2.24) is 4.90 Å². The van der Waals surface area contributed by atoms with Crippen molar-refractivity contribution in [3.05, 3.63) is 30.4 Å². The van der Waals surface area contributed by atoms with Crippen molar-refractivity contribution in [2.24, 2.45) is 17.8 Å². The van der Waals surface area contributed by atoms with Gasteiger partial charge in [-0.05, 0) is 31.9 Å². The van der Waals surface area contributed by atoms with E-state index in [1.807, 2.05) is 18.2 Å². The molecule has 2 bridgehead atoms. The van der Waals surface area contributed by atoms with E-state index < -0.39 is 23.5 Å². The first-order valence-electron chi connectivity index (χ1n) is 11.5. The molecule has 0 aromatic heterocycles. The summed E-state index contributed by atoms with van der Waals surface area (Å²) in [7, 11) is 0. The number of fused-ring (bicyclic) bond motifs is 2. The summed E-state index contributed by atoms with van der Waals surface area (Å²) in [5.41, 5.74) is -0.0863. The minimum Gasteiger partial charge on any atom is -0.466 e. The number of esters is 1. The van der Waals surface area contributed by atoms with Gasteiger partial charge in [0.05, 0.1) is 37.0 Å². The van der Waals surface area contributed by atoms with Crippen LogP contribution in [0.2, 0.25) is 0 Å². The molecule has 5 heterocycles. The molecule has 0 N–H and O–H groups in total. The molecule has 6 rings (SSSR count). The first-order chi connectivity index (χ1) is 16.0. The van der Waals surface area contributed by atoms with E-state index in [2.05, 4.69) is 0 Å². The number of rotatable bonds is 4. The summed E-state index contributed by atoms with van der Waals surface area (Å²) in [6, 6.07) is 5.42. The Labute approximate surface area is 191 Å². The van der Waals surface area contributed by atoms with Gasteiger partial charge in [0.15, 0.2) is 11.5 Å². The summed E-state index contributed by atoms with van der Waals surface area (Å²) in [6.45, 7) is 3.63. The second-order valence-electron chi connectivity index (χ2n) is 9.21. The maximum absolute atomic E-state index is 13.6. The van der Waals surface area contributed by atoms with Crippen molar-refractivity contribution in [3.63, 3.8) is 0 Å². The molecule has 3 saturated heterocycles. The number of nitrogens with zero attached hydrogens (tertiary/aromatic N) is 2. The van der Waals surface area contributed by atoms with Crippen LogP contribution in [0.25, 0.3) is 0 Å². The van der Waals surface area contributed by atoms with Gasteiger partial charge in [0, 0.05) is 24.8 Å². The molecule has 4 atom stereocenters. The topological polar surface area (TPSA) is 94.6 Å². The van der Waals surface area contributed by atoms with Crippen LogP contribution in [-0.2, 0) is 23.9 Å². The van der Waals surface area contributed by atoms with Crippen LogP contribution in [0.1, 0.15) is 19.8 Å². The van der Waals surface area contributed by atoms with Crippen LogP contribution in [0.4, 0.5) is 5.69 Å². The maximum Gasteiger partial charge on any atom is 0.309 e. The van der Waals surface area contributed by atoms with Crippen molar-refractivity contribution < 1.29 is 33.3 Å². The van der Waals surface area contributed by atoms with Crippen LogP contribution in [-0.4, -0.2) is 67.4 Å². The van der Waals surface area contributed by atoms with E-state index in [1.54, 1.807) is 28.9 Å². The third-order valence-electron chi connectivity index (χ3n) is 7.48. The maximum atomic E-state index is 13.6. The van der Waals surface area contributed by atoms with Crippen LogP contribution in [0, 0.1) is 17.8 Å². The summed E-state index contributed by atoms with van der Waals surface area (Å²) < 4.78 is 22.2. The highest BCUT2D eigenvalue weighted by Crippen LogP contribution is 2.53. The van der Waals surface area contributed by atoms with Gasteiger partial charge >= 0.3 is 5.97 Å². The number of amides is 2. The SMILES string of the molecule is CCOC(=O)C1CCN(C(=O)C2C3C(=O)N(c4ccc5c(c4)OCO5)CC34C=C[C@H]2O4)CC1. The largest absolute Gasteiger partial charge is 0.466 e. The third kappa shape index (κ3) is 3.05. The zero-order valence-corrected chi connectivity index (χ0v) is 18.4. The number of carbonyl (C=O) groups excluding carboxylic acids is 3. The van der Waals surface area contributed by atoms with E-state index in [4.69, 9.17) is 18.9 Å². The molecule has 0 radical (unpaired) electrons. The Balaban J connectivity index is 1.20. The monoisotopic (exact) mass is 454 g/mol. The van der Waals surface area contributed by atoms with E-state index >= 15 is 0 Å². The molecule has 1 aromatic rings. The molecule has 3 unspecified atom stereocenters. The quantitative estimate of drug-likeness (QED) is 0.503. The van der Waals surface area contributed by atoms with Crippen molar-refractivity contribution in [3.8, 4) is 11.5 Å². The number of carbonyl (C=O) groups is 3. The average molecular weight is 454 g/mol. The van der Waals surface area contributed by atoms with Gasteiger partial charge in [-0.15, -0.1) is 0 Å². The number of ether oxygens (including phenoxy) is 4. The predicted molar refractivity (Wildman–Crippen MR) is 115 cm³/mol. The normalized spacial score (nSPS) is 31.9. The van der Waals surface area contributed by atoms with E-state index in [1.165, 1.54) is 0 Å². The van der Waals surface area contributed by atoms with Crippen molar-refractivity contribution in [2.45, 2.75) is 31.5 Å². The molecule has 5 aliphatic rings. The van der Waals surface area contributed by atoms with Crippen molar-refractivity contribution in [1.29, 1.82) is 0 Å². The fourth-order valence-electron chi connectivity index (χ4n) is 5.86. The number of anilines is 1. The lowest BCUT2D eigenvalue weighted by molar-refractivity contribution is -0.152. The molecule has 5 aliphatic heterocycles. The molecule has 174 valence electrons. The van der Waals surface area contributed by atoms with Crippen molar-refractivity contribution in [2.75, 3.05) is 37.9 Å². The molecular weight excluding hydrogens is 428 g/mol. The second-order valence-corrected chi connectivity index (χ2v) is 9.21. The summed E-state index contributed by atoms with van der Waals surface area (Å²) in [6.07, 6.45) is 4.62. The minimum atomic E-state index is -0.790. The molecule has 0 aliphatic carbocycles. The Kier molecular flexibility index (Phi) is 4.65. The zero-order valence-electron chi connectivity index (χ0n) is 18.4. The Morgan fingerprint density at radius 2 is 1.97 bits per heavy atom. The molecule has 2 amide bonds. The fraction of sp³-hybridized carbons (Fsp3) is 0.542. The van der Waals surface area contributed by atoms with Gasteiger partial charge in [-0.25, -0.2) is 0 Å². The molecule has 1 aromatic carbocycles. The summed E-state index contributed by atoms with van der Waals surface area (Å²) in [5, 5.41) is 0. The molecule has 1 spiro atoms.